The van der Waals surface area contributed by atoms with Crippen molar-refractivity contribution in [3.63, 3.8) is 0 Å². The van der Waals surface area contributed by atoms with Crippen molar-refractivity contribution >= 4 is 5.57 Å². The second-order valence-electron chi connectivity index (χ2n) is 6.11. The third-order valence-electron chi connectivity index (χ3n) is 4.20. The van der Waals surface area contributed by atoms with Gasteiger partial charge in [0.1, 0.15) is 0 Å². The van der Waals surface area contributed by atoms with Crippen molar-refractivity contribution in [2.24, 2.45) is 0 Å². The van der Waals surface area contributed by atoms with Crippen molar-refractivity contribution in [1.82, 2.24) is 4.98 Å². The highest BCUT2D eigenvalue weighted by Gasteiger charge is 2.09. The summed E-state index contributed by atoms with van der Waals surface area (Å²) >= 11 is 0. The minimum absolute atomic E-state index is 0.999. The van der Waals surface area contributed by atoms with Gasteiger partial charge in [-0.15, -0.1) is 0 Å². The third-order valence-corrected chi connectivity index (χ3v) is 4.20. The van der Waals surface area contributed by atoms with Crippen molar-refractivity contribution in [3.8, 4) is 22.5 Å². The van der Waals surface area contributed by atoms with Crippen LogP contribution in [0.3, 0.4) is 0 Å². The predicted molar refractivity (Wildman–Crippen MR) is 108 cm³/mol. The molecule has 3 rings (SSSR count). The summed E-state index contributed by atoms with van der Waals surface area (Å²) in [5.41, 5.74) is 7.92. The van der Waals surface area contributed by atoms with E-state index in [1.807, 2.05) is 13.0 Å². The van der Waals surface area contributed by atoms with E-state index in [-0.39, 0.29) is 0 Å². The summed E-state index contributed by atoms with van der Waals surface area (Å²) in [7, 11) is 0. The largest absolute Gasteiger partial charge is 0.248 e. The Labute approximate surface area is 150 Å². The number of rotatable bonds is 4. The summed E-state index contributed by atoms with van der Waals surface area (Å²) in [5.74, 6) is 0. The van der Waals surface area contributed by atoms with Crippen LogP contribution in [0.5, 0.6) is 0 Å². The average molecular weight is 325 g/mol. The van der Waals surface area contributed by atoms with Crippen LogP contribution < -0.4 is 0 Å². The van der Waals surface area contributed by atoms with E-state index in [2.05, 4.69) is 92.7 Å². The molecular weight excluding hydrogens is 302 g/mol. The molecule has 25 heavy (non-hydrogen) atoms. The van der Waals surface area contributed by atoms with E-state index in [9.17, 15) is 0 Å². The molecule has 0 aliphatic rings. The molecule has 1 heterocycles. The number of benzene rings is 2. The monoisotopic (exact) mass is 325 g/mol. The zero-order chi connectivity index (χ0) is 17.6. The van der Waals surface area contributed by atoms with Gasteiger partial charge in [0.05, 0.1) is 11.4 Å². The van der Waals surface area contributed by atoms with Gasteiger partial charge >= 0.3 is 0 Å². The second-order valence-corrected chi connectivity index (χ2v) is 6.11. The Morgan fingerprint density at radius 3 is 2.12 bits per heavy atom. The molecule has 0 fully saturated rings. The highest BCUT2D eigenvalue weighted by molar-refractivity contribution is 5.80. The van der Waals surface area contributed by atoms with Crippen LogP contribution >= 0.6 is 0 Å². The van der Waals surface area contributed by atoms with E-state index in [1.54, 1.807) is 0 Å². The normalized spacial score (nSPS) is 11.9. The van der Waals surface area contributed by atoms with Gasteiger partial charge in [-0.25, -0.2) is 4.98 Å². The number of nitrogens with zero attached hydrogens (tertiary/aromatic N) is 1. The summed E-state index contributed by atoms with van der Waals surface area (Å²) < 4.78 is 0. The maximum Gasteiger partial charge on any atom is 0.0715 e. The van der Waals surface area contributed by atoms with Crippen LogP contribution in [0.15, 0.2) is 85.0 Å². The molecule has 1 aromatic heterocycles. The van der Waals surface area contributed by atoms with E-state index in [0.29, 0.717) is 0 Å². The molecule has 0 N–H and O–H groups in total. The fourth-order valence-electron chi connectivity index (χ4n) is 2.94. The maximum atomic E-state index is 4.94. The Kier molecular flexibility index (Phi) is 5.25. The minimum Gasteiger partial charge on any atom is -0.248 e. The zero-order valence-corrected chi connectivity index (χ0v) is 15.0. The number of hydrogen-bond donors (Lipinski definition) is 0. The van der Waals surface area contributed by atoms with Crippen molar-refractivity contribution < 1.29 is 0 Å². The summed E-state index contributed by atoms with van der Waals surface area (Å²) in [6.07, 6.45) is 6.36. The molecule has 124 valence electrons. The molecule has 0 atom stereocenters. The van der Waals surface area contributed by atoms with Gasteiger partial charge in [0, 0.05) is 11.1 Å². The number of aromatic nitrogens is 1. The lowest BCUT2D eigenvalue weighted by Crippen LogP contribution is -1.93. The first kappa shape index (κ1) is 16.9. The van der Waals surface area contributed by atoms with Crippen LogP contribution in [0.1, 0.15) is 25.0 Å². The quantitative estimate of drug-likeness (QED) is 0.486. The standard InChI is InChI=1S/C24H23N/c1-4-10-19(5-2)22-16-23(20-12-7-6-8-13-20)25-24(17-22)21-14-9-11-18(3)15-21/h4-17H,1-3H3/b10-4-,19-5+. The zero-order valence-electron chi connectivity index (χ0n) is 15.0. The van der Waals surface area contributed by atoms with Gasteiger partial charge in [-0.05, 0) is 50.1 Å². The molecule has 0 radical (unpaired) electrons. The molecule has 0 unspecified atom stereocenters. The molecule has 0 saturated heterocycles. The summed E-state index contributed by atoms with van der Waals surface area (Å²) in [5, 5.41) is 0. The molecule has 0 aliphatic heterocycles. The highest BCUT2D eigenvalue weighted by Crippen LogP contribution is 2.28. The van der Waals surface area contributed by atoms with Gasteiger partial charge in [0.15, 0.2) is 0 Å². The van der Waals surface area contributed by atoms with Crippen LogP contribution in [-0.4, -0.2) is 4.98 Å². The fraction of sp³-hybridized carbons (Fsp3) is 0.125. The summed E-state index contributed by atoms with van der Waals surface area (Å²) in [6.45, 7) is 6.23. The van der Waals surface area contributed by atoms with Gasteiger partial charge in [0.2, 0.25) is 0 Å². The first-order chi connectivity index (χ1) is 12.2. The Bertz CT molecular complexity index is 918. The van der Waals surface area contributed by atoms with Crippen molar-refractivity contribution in [2.45, 2.75) is 20.8 Å². The van der Waals surface area contributed by atoms with E-state index in [0.717, 1.165) is 22.5 Å². The smallest absolute Gasteiger partial charge is 0.0715 e. The van der Waals surface area contributed by atoms with E-state index >= 15 is 0 Å². The van der Waals surface area contributed by atoms with Crippen molar-refractivity contribution in [1.29, 1.82) is 0 Å². The molecule has 1 heteroatoms. The van der Waals surface area contributed by atoms with Crippen LogP contribution in [0.25, 0.3) is 28.1 Å². The first-order valence-corrected chi connectivity index (χ1v) is 8.65. The van der Waals surface area contributed by atoms with Crippen LogP contribution in [-0.2, 0) is 0 Å². The Hall–Kier alpha value is -2.93. The highest BCUT2D eigenvalue weighted by atomic mass is 14.7. The Morgan fingerprint density at radius 1 is 0.800 bits per heavy atom. The lowest BCUT2D eigenvalue weighted by Gasteiger charge is -2.11. The fourth-order valence-corrected chi connectivity index (χ4v) is 2.94. The Morgan fingerprint density at radius 2 is 1.48 bits per heavy atom. The van der Waals surface area contributed by atoms with Gasteiger partial charge in [-0.3, -0.25) is 0 Å². The number of aryl methyl sites for hydroxylation is 1. The molecular formula is C24H23N. The molecule has 0 amide bonds. The molecule has 0 aliphatic carbocycles. The maximum absolute atomic E-state index is 4.94. The predicted octanol–water partition coefficient (Wildman–Crippen LogP) is 6.70. The van der Waals surface area contributed by atoms with Gasteiger partial charge < -0.3 is 0 Å². The van der Waals surface area contributed by atoms with Gasteiger partial charge in [-0.2, -0.15) is 0 Å². The molecule has 2 aromatic carbocycles. The third kappa shape index (κ3) is 3.95. The SMILES string of the molecule is C/C=C\C(=C/C)c1cc(-c2ccccc2)nc(-c2cccc(C)c2)c1. The average Bonchev–Trinajstić information content (AvgIpc) is 2.66. The van der Waals surface area contributed by atoms with Gasteiger partial charge in [-0.1, -0.05) is 72.3 Å². The van der Waals surface area contributed by atoms with Crippen LogP contribution in [0, 0.1) is 6.92 Å². The van der Waals surface area contributed by atoms with Gasteiger partial charge in [0.25, 0.3) is 0 Å². The lowest BCUT2D eigenvalue weighted by molar-refractivity contribution is 1.30. The molecule has 0 bridgehead atoms. The van der Waals surface area contributed by atoms with Crippen LogP contribution in [0.2, 0.25) is 0 Å². The second kappa shape index (κ2) is 7.76. The molecule has 3 aromatic rings. The first-order valence-electron chi connectivity index (χ1n) is 8.65. The number of allylic oxidation sites excluding steroid dienone is 4. The van der Waals surface area contributed by atoms with E-state index in [4.69, 9.17) is 4.98 Å². The molecule has 0 spiro atoms. The lowest BCUT2D eigenvalue weighted by atomic mass is 9.99. The van der Waals surface area contributed by atoms with E-state index in [1.165, 1.54) is 16.7 Å². The minimum atomic E-state index is 0.999. The summed E-state index contributed by atoms with van der Waals surface area (Å²) in [4.78, 5) is 4.94. The van der Waals surface area contributed by atoms with Crippen LogP contribution in [0.4, 0.5) is 0 Å². The molecule has 1 nitrogen and oxygen atoms in total. The van der Waals surface area contributed by atoms with E-state index < -0.39 is 0 Å². The number of hydrogen-bond acceptors (Lipinski definition) is 1. The topological polar surface area (TPSA) is 12.9 Å². The summed E-state index contributed by atoms with van der Waals surface area (Å²) in [6, 6.07) is 23.2. The number of pyridine rings is 1. The van der Waals surface area contributed by atoms with Crippen molar-refractivity contribution in [3.05, 3.63) is 96.1 Å². The Balaban J connectivity index is 2.21. The molecule has 0 saturated carbocycles. The van der Waals surface area contributed by atoms with Crippen molar-refractivity contribution in [2.75, 3.05) is 0 Å².